The zero-order valence-corrected chi connectivity index (χ0v) is 20.9. The lowest BCUT2D eigenvalue weighted by molar-refractivity contribution is -0.194. The molecular formula is C28H41N3O3. The molecule has 186 valence electrons. The largest absolute Gasteiger partial charge is 0.368 e. The number of nitrogens with one attached hydrogen (secondary N) is 1. The van der Waals surface area contributed by atoms with Gasteiger partial charge in [0.05, 0.1) is 18.8 Å². The molecule has 0 fully saturated rings. The van der Waals surface area contributed by atoms with E-state index in [1.807, 2.05) is 42.5 Å². The molecule has 0 aliphatic heterocycles. The van der Waals surface area contributed by atoms with E-state index in [2.05, 4.69) is 17.2 Å². The molecule has 0 aliphatic rings. The van der Waals surface area contributed by atoms with Crippen LogP contribution in [0.15, 0.2) is 48.7 Å². The summed E-state index contributed by atoms with van der Waals surface area (Å²) in [5.41, 5.74) is 2.40. The van der Waals surface area contributed by atoms with Gasteiger partial charge in [-0.2, -0.15) is 0 Å². The number of hydroxylamine groups is 2. The van der Waals surface area contributed by atoms with Gasteiger partial charge < -0.3 is 10.2 Å². The van der Waals surface area contributed by atoms with E-state index in [-0.39, 0.29) is 11.9 Å². The molecule has 0 unspecified atom stereocenters. The third-order valence-electron chi connectivity index (χ3n) is 5.71. The predicted molar refractivity (Wildman–Crippen MR) is 136 cm³/mol. The molecule has 0 atom stereocenters. The summed E-state index contributed by atoms with van der Waals surface area (Å²) in [7, 11) is 0. The summed E-state index contributed by atoms with van der Waals surface area (Å²) in [6.07, 6.45) is 14.5. The first kappa shape index (κ1) is 27.5. The number of benzene rings is 1. The van der Waals surface area contributed by atoms with E-state index in [4.69, 9.17) is 4.84 Å². The van der Waals surface area contributed by atoms with Gasteiger partial charge in [0.2, 0.25) is 0 Å². The zero-order valence-electron chi connectivity index (χ0n) is 20.9. The fraction of sp³-hybridized carbons (Fsp3) is 0.536. The number of rotatable bonds is 17. The van der Waals surface area contributed by atoms with Gasteiger partial charge in [0.1, 0.15) is 0 Å². The first-order valence-electron chi connectivity index (χ1n) is 12.8. The maximum Gasteiger partial charge on any atom is 0.322 e. The molecule has 0 saturated carbocycles. The number of hydrogen-bond donors (Lipinski definition) is 1. The minimum absolute atomic E-state index is 0.0483. The summed E-state index contributed by atoms with van der Waals surface area (Å²) in [6.45, 7) is 5.15. The van der Waals surface area contributed by atoms with Crippen LogP contribution < -0.4 is 5.32 Å². The van der Waals surface area contributed by atoms with Crippen LogP contribution in [0, 0.1) is 0 Å². The zero-order chi connectivity index (χ0) is 24.4. The van der Waals surface area contributed by atoms with E-state index in [1.165, 1.54) is 58.3 Å². The van der Waals surface area contributed by atoms with E-state index >= 15 is 0 Å². The highest BCUT2D eigenvalue weighted by molar-refractivity contribution is 5.94. The number of unbranched alkanes of at least 4 members (excludes halogenated alkanes) is 9. The maximum atomic E-state index is 12.4. The number of hydrogen-bond acceptors (Lipinski definition) is 5. The molecule has 0 spiro atoms. The van der Waals surface area contributed by atoms with Gasteiger partial charge in [-0.05, 0) is 36.2 Å². The van der Waals surface area contributed by atoms with Crippen LogP contribution in [-0.2, 0) is 22.7 Å². The fourth-order valence-corrected chi connectivity index (χ4v) is 3.86. The minimum Gasteiger partial charge on any atom is -0.368 e. The average Bonchev–Trinajstić information content (AvgIpc) is 2.83. The Morgan fingerprint density at radius 1 is 0.853 bits per heavy atom. The molecule has 0 bridgehead atoms. The summed E-state index contributed by atoms with van der Waals surface area (Å²) in [6, 6.07) is 13.1. The van der Waals surface area contributed by atoms with Crippen molar-refractivity contribution in [3.05, 3.63) is 65.5 Å². The Bertz CT molecular complexity index is 825. The van der Waals surface area contributed by atoms with Crippen molar-refractivity contribution >= 4 is 11.9 Å². The number of pyridine rings is 1. The van der Waals surface area contributed by atoms with Crippen molar-refractivity contribution in [1.82, 2.24) is 15.4 Å². The molecule has 0 saturated heterocycles. The lowest BCUT2D eigenvalue weighted by Gasteiger charge is -2.20. The Labute approximate surface area is 205 Å². The second-order valence-corrected chi connectivity index (χ2v) is 8.84. The van der Waals surface area contributed by atoms with Crippen LogP contribution in [0.3, 0.4) is 0 Å². The highest BCUT2D eigenvalue weighted by atomic mass is 16.7. The van der Waals surface area contributed by atoms with Crippen molar-refractivity contribution in [2.75, 3.05) is 6.54 Å². The Balaban J connectivity index is 1.67. The van der Waals surface area contributed by atoms with Crippen molar-refractivity contribution in [3.63, 3.8) is 0 Å². The summed E-state index contributed by atoms with van der Waals surface area (Å²) >= 11 is 0. The quantitative estimate of drug-likeness (QED) is 0.221. The Morgan fingerprint density at radius 3 is 2.09 bits per heavy atom. The summed E-state index contributed by atoms with van der Waals surface area (Å²) in [5, 5.41) is 4.59. The molecule has 34 heavy (non-hydrogen) atoms. The van der Waals surface area contributed by atoms with Gasteiger partial charge in [-0.3, -0.25) is 14.6 Å². The van der Waals surface area contributed by atoms with Crippen LogP contribution in [0.1, 0.15) is 99.7 Å². The maximum absolute atomic E-state index is 12.4. The lowest BCUT2D eigenvalue weighted by Crippen LogP contribution is -2.26. The molecule has 1 N–H and O–H groups in total. The third kappa shape index (κ3) is 11.9. The summed E-state index contributed by atoms with van der Waals surface area (Å²) < 4.78 is 0. The van der Waals surface area contributed by atoms with Gasteiger partial charge >= 0.3 is 5.97 Å². The highest BCUT2D eigenvalue weighted by Crippen LogP contribution is 2.12. The Morgan fingerprint density at radius 2 is 1.50 bits per heavy atom. The predicted octanol–water partition coefficient (Wildman–Crippen LogP) is 6.21. The molecule has 2 rings (SSSR count). The standard InChI is InChI=1S/C28H41N3O3/c1-3-4-5-6-7-8-9-10-11-13-21-30-28(33)26-18-16-25(17-19-26)22-31(34-24(2)32)23-27-15-12-14-20-29-27/h12,14-20H,3-11,13,21-23H2,1-2H3,(H,30,33). The molecule has 0 aliphatic carbocycles. The van der Waals surface area contributed by atoms with Crippen LogP contribution in [0.25, 0.3) is 0 Å². The molecule has 1 amide bonds. The molecule has 0 radical (unpaired) electrons. The van der Waals surface area contributed by atoms with Crippen LogP contribution in [-0.4, -0.2) is 28.5 Å². The summed E-state index contributed by atoms with van der Waals surface area (Å²) in [4.78, 5) is 33.5. The SMILES string of the molecule is CCCCCCCCCCCCNC(=O)c1ccc(CN(Cc2ccccn2)OC(C)=O)cc1. The van der Waals surface area contributed by atoms with Gasteiger partial charge in [-0.15, -0.1) is 5.06 Å². The molecule has 1 heterocycles. The van der Waals surface area contributed by atoms with Gasteiger partial charge in [-0.25, -0.2) is 0 Å². The summed E-state index contributed by atoms with van der Waals surface area (Å²) in [5.74, 6) is -0.424. The number of amides is 1. The smallest absolute Gasteiger partial charge is 0.322 e. The molecule has 6 nitrogen and oxygen atoms in total. The van der Waals surface area contributed by atoms with Gasteiger partial charge in [0.15, 0.2) is 0 Å². The van der Waals surface area contributed by atoms with Gasteiger partial charge in [0.25, 0.3) is 5.91 Å². The normalized spacial score (nSPS) is 10.9. The van der Waals surface area contributed by atoms with Crippen molar-refractivity contribution < 1.29 is 14.4 Å². The van der Waals surface area contributed by atoms with Crippen molar-refractivity contribution in [2.24, 2.45) is 0 Å². The van der Waals surface area contributed by atoms with E-state index in [1.54, 1.807) is 11.3 Å². The molecule has 1 aromatic heterocycles. The fourth-order valence-electron chi connectivity index (χ4n) is 3.86. The first-order chi connectivity index (χ1) is 16.6. The van der Waals surface area contributed by atoms with Crippen molar-refractivity contribution in [1.29, 1.82) is 0 Å². The third-order valence-corrected chi connectivity index (χ3v) is 5.71. The van der Waals surface area contributed by atoms with E-state index < -0.39 is 0 Å². The van der Waals surface area contributed by atoms with Gasteiger partial charge in [-0.1, -0.05) is 82.9 Å². The molecule has 1 aromatic carbocycles. The number of carbonyl (C=O) groups is 2. The number of nitrogens with zero attached hydrogens (tertiary/aromatic N) is 2. The monoisotopic (exact) mass is 467 g/mol. The highest BCUT2D eigenvalue weighted by Gasteiger charge is 2.12. The van der Waals surface area contributed by atoms with E-state index in [0.29, 0.717) is 25.2 Å². The second-order valence-electron chi connectivity index (χ2n) is 8.84. The van der Waals surface area contributed by atoms with Crippen LogP contribution in [0.5, 0.6) is 0 Å². The topological polar surface area (TPSA) is 71.5 Å². The van der Waals surface area contributed by atoms with E-state index in [0.717, 1.165) is 24.1 Å². The number of carbonyl (C=O) groups excluding carboxylic acids is 2. The second kappa shape index (κ2) is 16.8. The van der Waals surface area contributed by atoms with Crippen LogP contribution in [0.4, 0.5) is 0 Å². The first-order valence-corrected chi connectivity index (χ1v) is 12.8. The minimum atomic E-state index is -0.376. The van der Waals surface area contributed by atoms with Crippen molar-refractivity contribution in [3.8, 4) is 0 Å². The lowest BCUT2D eigenvalue weighted by atomic mass is 10.1. The van der Waals surface area contributed by atoms with Crippen molar-refractivity contribution in [2.45, 2.75) is 91.1 Å². The number of aromatic nitrogens is 1. The Kier molecular flexibility index (Phi) is 13.6. The molecular weight excluding hydrogens is 426 g/mol. The van der Waals surface area contributed by atoms with Crippen LogP contribution >= 0.6 is 0 Å². The average molecular weight is 468 g/mol. The Hall–Kier alpha value is -2.73. The van der Waals surface area contributed by atoms with E-state index in [9.17, 15) is 9.59 Å². The molecule has 6 heteroatoms. The molecule has 2 aromatic rings. The van der Waals surface area contributed by atoms with Gasteiger partial charge in [0, 0.05) is 25.2 Å². The van der Waals surface area contributed by atoms with Crippen LogP contribution in [0.2, 0.25) is 0 Å².